The number of rotatable bonds is 12. The van der Waals surface area contributed by atoms with E-state index in [1.165, 1.54) is 0 Å². The molecule has 0 heterocycles. The second kappa shape index (κ2) is 15.0. The van der Waals surface area contributed by atoms with Gasteiger partial charge in [0.25, 0.3) is 0 Å². The summed E-state index contributed by atoms with van der Waals surface area (Å²) in [7, 11) is 2.68. The predicted molar refractivity (Wildman–Crippen MR) is 182 cm³/mol. The van der Waals surface area contributed by atoms with Gasteiger partial charge in [-0.3, -0.25) is 9.69 Å². The summed E-state index contributed by atoms with van der Waals surface area (Å²) in [4.78, 5) is 27.2. The van der Waals surface area contributed by atoms with Crippen LogP contribution in [0.25, 0.3) is 6.08 Å². The summed E-state index contributed by atoms with van der Waals surface area (Å²) in [6, 6.07) is 16.2. The average Bonchev–Trinajstić information content (AvgIpc) is 3.38. The van der Waals surface area contributed by atoms with Gasteiger partial charge in [-0.1, -0.05) is 48.4 Å². The number of benzene rings is 3. The third kappa shape index (κ3) is 7.35. The molecule has 0 radical (unpaired) electrons. The van der Waals surface area contributed by atoms with Crippen molar-refractivity contribution in [2.24, 2.45) is 5.92 Å². The molecular formula is C38H40ClF4NO6. The maximum Gasteiger partial charge on any atom is 0.471 e. The Labute approximate surface area is 294 Å². The van der Waals surface area contributed by atoms with Crippen LogP contribution < -0.4 is 14.4 Å². The van der Waals surface area contributed by atoms with Crippen molar-refractivity contribution in [1.82, 2.24) is 0 Å². The van der Waals surface area contributed by atoms with Crippen molar-refractivity contribution >= 4 is 35.2 Å². The van der Waals surface area contributed by atoms with Crippen molar-refractivity contribution in [3.8, 4) is 11.5 Å². The Hall–Kier alpha value is -4.09. The number of hydrogen-bond donors (Lipinski definition) is 0. The van der Waals surface area contributed by atoms with E-state index in [1.807, 2.05) is 49.4 Å². The zero-order chi connectivity index (χ0) is 36.3. The zero-order valence-corrected chi connectivity index (χ0v) is 29.1. The second-order valence-corrected chi connectivity index (χ2v) is 13.3. The van der Waals surface area contributed by atoms with Crippen molar-refractivity contribution < 1.29 is 46.1 Å². The molecular weight excluding hydrogens is 678 g/mol. The molecule has 0 unspecified atom stereocenters. The maximum atomic E-state index is 14.2. The van der Waals surface area contributed by atoms with E-state index in [-0.39, 0.29) is 37.3 Å². The van der Waals surface area contributed by atoms with Gasteiger partial charge < -0.3 is 18.9 Å². The van der Waals surface area contributed by atoms with Crippen molar-refractivity contribution in [3.63, 3.8) is 0 Å². The topological polar surface area (TPSA) is 74.3 Å². The Bertz CT molecular complexity index is 1730. The average molecular weight is 718 g/mol. The number of carbonyl (C=O) groups is 2. The molecule has 1 amide bonds. The van der Waals surface area contributed by atoms with Crippen LogP contribution in [0, 0.1) is 11.7 Å². The summed E-state index contributed by atoms with van der Waals surface area (Å²) < 4.78 is 79.0. The van der Waals surface area contributed by atoms with Crippen LogP contribution in [0.3, 0.4) is 0 Å². The fraction of sp³-hybridized carbons (Fsp3) is 0.421. The van der Waals surface area contributed by atoms with Gasteiger partial charge in [0.05, 0.1) is 32.5 Å². The normalized spacial score (nSPS) is 20.5. The number of hydrogen-bond acceptors (Lipinski definition) is 6. The molecule has 0 aliphatic heterocycles. The third-order valence-corrected chi connectivity index (χ3v) is 10.0. The Morgan fingerprint density at radius 1 is 0.960 bits per heavy atom. The second-order valence-electron chi connectivity index (χ2n) is 12.9. The number of esters is 1. The Morgan fingerprint density at radius 3 is 2.24 bits per heavy atom. The SMILES string of the molecule is CCOc1ccc2c(c1)C1(CCC(C(=O)OC)(N(C(=O)C(F)(F)F)c3ccc(F)c(Cl)c3)CC1)C(C[C@@H](C)COCc1ccc(OC)cc1)=C2. The van der Waals surface area contributed by atoms with E-state index in [2.05, 4.69) is 13.0 Å². The van der Waals surface area contributed by atoms with E-state index in [0.29, 0.717) is 36.9 Å². The largest absolute Gasteiger partial charge is 0.497 e. The lowest BCUT2D eigenvalue weighted by atomic mass is 9.61. The van der Waals surface area contributed by atoms with Gasteiger partial charge in [-0.05, 0) is 104 Å². The van der Waals surface area contributed by atoms with Crippen LogP contribution in [0.5, 0.6) is 11.5 Å². The number of ether oxygens (including phenoxy) is 4. The van der Waals surface area contributed by atoms with Crippen LogP contribution in [0.2, 0.25) is 5.02 Å². The molecule has 1 fully saturated rings. The van der Waals surface area contributed by atoms with Gasteiger partial charge >= 0.3 is 18.1 Å². The van der Waals surface area contributed by atoms with E-state index < -0.39 is 39.8 Å². The van der Waals surface area contributed by atoms with Gasteiger partial charge in [0.1, 0.15) is 22.9 Å². The first-order valence-corrected chi connectivity index (χ1v) is 16.8. The molecule has 0 aromatic heterocycles. The highest BCUT2D eigenvalue weighted by Crippen LogP contribution is 2.57. The first kappa shape index (κ1) is 37.2. The maximum absolute atomic E-state index is 14.2. The van der Waals surface area contributed by atoms with Crippen molar-refractivity contribution in [2.45, 2.75) is 69.7 Å². The number of allylic oxidation sites excluding steroid dienone is 1. The summed E-state index contributed by atoms with van der Waals surface area (Å²) >= 11 is 5.98. The lowest BCUT2D eigenvalue weighted by molar-refractivity contribution is -0.174. The van der Waals surface area contributed by atoms with Crippen LogP contribution >= 0.6 is 11.6 Å². The van der Waals surface area contributed by atoms with Crippen LogP contribution in [0.15, 0.2) is 66.2 Å². The van der Waals surface area contributed by atoms with Crippen molar-refractivity contribution in [3.05, 3.63) is 93.8 Å². The Morgan fingerprint density at radius 2 is 1.64 bits per heavy atom. The summed E-state index contributed by atoms with van der Waals surface area (Å²) in [5.74, 6) is -2.69. The highest BCUT2D eigenvalue weighted by Gasteiger charge is 2.59. The number of nitrogens with zero attached hydrogens (tertiary/aromatic N) is 1. The lowest BCUT2D eigenvalue weighted by Gasteiger charge is -2.50. The molecule has 3 aromatic carbocycles. The first-order chi connectivity index (χ1) is 23.8. The number of amides is 1. The molecule has 3 aromatic rings. The molecule has 0 bridgehead atoms. The van der Waals surface area contributed by atoms with E-state index in [0.717, 1.165) is 53.3 Å². The smallest absolute Gasteiger partial charge is 0.471 e. The van der Waals surface area contributed by atoms with E-state index in [4.69, 9.17) is 30.5 Å². The summed E-state index contributed by atoms with van der Waals surface area (Å²) in [5.41, 5.74) is 0.875. The highest BCUT2D eigenvalue weighted by molar-refractivity contribution is 6.31. The van der Waals surface area contributed by atoms with Gasteiger partial charge in [0, 0.05) is 17.7 Å². The van der Waals surface area contributed by atoms with E-state index in [9.17, 15) is 27.2 Å². The van der Waals surface area contributed by atoms with E-state index in [1.54, 1.807) is 7.11 Å². The highest BCUT2D eigenvalue weighted by atomic mass is 35.5. The minimum atomic E-state index is -5.35. The van der Waals surface area contributed by atoms with Gasteiger partial charge in [-0.25, -0.2) is 9.18 Å². The molecule has 5 rings (SSSR count). The van der Waals surface area contributed by atoms with Crippen LogP contribution in [-0.4, -0.2) is 51.0 Å². The van der Waals surface area contributed by atoms with Crippen LogP contribution in [-0.2, 0) is 31.1 Å². The fourth-order valence-corrected chi connectivity index (χ4v) is 7.49. The van der Waals surface area contributed by atoms with Crippen molar-refractivity contribution in [2.75, 3.05) is 32.3 Å². The minimum absolute atomic E-state index is 0.0639. The molecule has 7 nitrogen and oxygen atoms in total. The van der Waals surface area contributed by atoms with Crippen LogP contribution in [0.1, 0.15) is 62.6 Å². The molecule has 2 aliphatic carbocycles. The molecule has 0 saturated heterocycles. The number of alkyl halides is 3. The third-order valence-electron chi connectivity index (χ3n) is 9.73. The molecule has 50 heavy (non-hydrogen) atoms. The standard InChI is InChI=1S/C38H40ClF4NO6/c1-5-50-30-12-8-26-19-27(18-24(2)22-49-23-25-6-10-29(47-3)11-7-25)36(31(26)21-30)14-16-37(17-15-36,35(46)48-4)44(34(45)38(41,42)43)28-9-13-33(40)32(39)20-28/h6-13,19-21,24H,5,14-18,22-23H2,1-4H3/t24-,36?,37?/m1/s1. The van der Waals surface area contributed by atoms with Gasteiger partial charge in [-0.15, -0.1) is 0 Å². The van der Waals surface area contributed by atoms with E-state index >= 15 is 0 Å². The van der Waals surface area contributed by atoms with Crippen molar-refractivity contribution in [1.29, 1.82) is 0 Å². The number of halogens is 5. The summed E-state index contributed by atoms with van der Waals surface area (Å²) in [5, 5.41) is -0.489. The monoisotopic (exact) mass is 717 g/mol. The Kier molecular flexibility index (Phi) is 11.2. The predicted octanol–water partition coefficient (Wildman–Crippen LogP) is 8.85. The number of anilines is 1. The van der Waals surface area contributed by atoms with Gasteiger partial charge in [-0.2, -0.15) is 13.2 Å². The first-order valence-electron chi connectivity index (χ1n) is 16.4. The fourth-order valence-electron chi connectivity index (χ4n) is 7.32. The molecule has 1 saturated carbocycles. The minimum Gasteiger partial charge on any atom is -0.497 e. The summed E-state index contributed by atoms with van der Waals surface area (Å²) in [6.07, 6.45) is -2.54. The summed E-state index contributed by atoms with van der Waals surface area (Å²) in [6.45, 7) is 5.25. The quantitative estimate of drug-likeness (QED) is 0.138. The van der Waals surface area contributed by atoms with Gasteiger partial charge in [0.2, 0.25) is 0 Å². The Balaban J connectivity index is 1.47. The number of fused-ring (bicyclic) bond motifs is 2. The molecule has 268 valence electrons. The molecule has 1 atom stereocenters. The molecule has 0 N–H and O–H groups in total. The molecule has 1 spiro atoms. The van der Waals surface area contributed by atoms with Crippen LogP contribution in [0.4, 0.5) is 23.2 Å². The zero-order valence-electron chi connectivity index (χ0n) is 28.4. The molecule has 12 heteroatoms. The number of methoxy groups -OCH3 is 2. The molecule has 2 aliphatic rings. The number of carbonyl (C=O) groups excluding carboxylic acids is 2. The van der Waals surface area contributed by atoms with Gasteiger partial charge in [0.15, 0.2) is 0 Å². The lowest BCUT2D eigenvalue weighted by Crippen LogP contribution is -2.63.